The monoisotopic (exact) mass is 528 g/mol. The number of hydrogen-bond acceptors (Lipinski definition) is 6. The van der Waals surface area contributed by atoms with Gasteiger partial charge in [-0.25, -0.2) is 0 Å². The van der Waals surface area contributed by atoms with Gasteiger partial charge in [-0.1, -0.05) is 12.1 Å². The van der Waals surface area contributed by atoms with Crippen molar-refractivity contribution >= 4 is 35.1 Å². The van der Waals surface area contributed by atoms with Crippen molar-refractivity contribution in [1.82, 2.24) is 15.5 Å². The molecule has 9 nitrogen and oxygen atoms in total. The maximum absolute atomic E-state index is 12.7. The summed E-state index contributed by atoms with van der Waals surface area (Å²) in [5.41, 5.74) is 3.44. The molecule has 0 spiro atoms. The van der Waals surface area contributed by atoms with Crippen LogP contribution in [0, 0.1) is 0 Å². The number of fused-ring (bicyclic) bond motifs is 1. The topological polar surface area (TPSA) is 113 Å². The summed E-state index contributed by atoms with van der Waals surface area (Å²) >= 11 is 0. The smallest absolute Gasteiger partial charge is 0.256 e. The number of benzene rings is 2. The summed E-state index contributed by atoms with van der Waals surface area (Å²) in [6.07, 6.45) is 4.11. The fraction of sp³-hybridized carbons (Fsp3) is 0.300. The molecule has 0 radical (unpaired) electrons. The number of methoxy groups -OCH3 is 1. The van der Waals surface area contributed by atoms with Gasteiger partial charge in [0.25, 0.3) is 17.7 Å². The molecule has 3 amide bonds. The Balaban J connectivity index is 1.29. The molecule has 202 valence electrons. The number of nitrogens with zero attached hydrogens (tertiary/aromatic N) is 1. The van der Waals surface area contributed by atoms with E-state index in [1.165, 1.54) is 12.8 Å². The predicted molar refractivity (Wildman–Crippen MR) is 149 cm³/mol. The second-order valence-electron chi connectivity index (χ2n) is 9.61. The molecule has 0 unspecified atom stereocenters. The summed E-state index contributed by atoms with van der Waals surface area (Å²) < 4.78 is 11.0. The quantitative estimate of drug-likeness (QED) is 0.274. The first-order valence-electron chi connectivity index (χ1n) is 13.2. The lowest BCUT2D eigenvalue weighted by molar-refractivity contribution is -0.110. The lowest BCUT2D eigenvalue weighted by atomic mass is 10.0. The van der Waals surface area contributed by atoms with Crippen molar-refractivity contribution in [3.05, 3.63) is 77.0 Å². The van der Waals surface area contributed by atoms with Gasteiger partial charge < -0.3 is 30.0 Å². The minimum absolute atomic E-state index is 0.119. The van der Waals surface area contributed by atoms with E-state index in [9.17, 15) is 14.4 Å². The molecule has 2 aromatic carbocycles. The number of furan rings is 1. The standard InChI is InChI=1S/C30H32N4O5/c1-38-16-12-32-29(36)22-7-9-26-24(18-22)25(30(37)33-26)19-23-8-10-27(39-23)20-5-4-6-21(17-20)28(35)31-11-15-34-13-2-3-14-34/h4-10,17-19H,2-3,11-16H2,1H3,(H,31,35)(H,32,36)(H,33,37)/b25-19+. The average molecular weight is 529 g/mol. The molecule has 0 aliphatic carbocycles. The average Bonchev–Trinajstić information content (AvgIpc) is 3.70. The van der Waals surface area contributed by atoms with Crippen molar-refractivity contribution in [2.45, 2.75) is 12.8 Å². The van der Waals surface area contributed by atoms with Crippen molar-refractivity contribution < 1.29 is 23.5 Å². The van der Waals surface area contributed by atoms with Gasteiger partial charge >= 0.3 is 0 Å². The van der Waals surface area contributed by atoms with Gasteiger partial charge in [0.05, 0.1) is 12.2 Å². The molecule has 0 saturated carbocycles. The summed E-state index contributed by atoms with van der Waals surface area (Å²) in [5.74, 6) is 0.435. The molecule has 1 aromatic heterocycles. The van der Waals surface area contributed by atoms with Crippen molar-refractivity contribution in [3.63, 3.8) is 0 Å². The summed E-state index contributed by atoms with van der Waals surface area (Å²) in [4.78, 5) is 40.2. The molecule has 0 atom stereocenters. The van der Waals surface area contributed by atoms with Gasteiger partial charge in [0, 0.05) is 54.7 Å². The molecule has 2 aliphatic rings. The van der Waals surface area contributed by atoms with E-state index in [4.69, 9.17) is 9.15 Å². The van der Waals surface area contributed by atoms with Gasteiger partial charge in [-0.15, -0.1) is 0 Å². The minimum Gasteiger partial charge on any atom is -0.457 e. The van der Waals surface area contributed by atoms with Crippen LogP contribution in [0.25, 0.3) is 23.0 Å². The molecule has 1 fully saturated rings. The Morgan fingerprint density at radius 3 is 2.56 bits per heavy atom. The molecular weight excluding hydrogens is 496 g/mol. The molecule has 5 rings (SSSR count). The normalized spacial score (nSPS) is 15.8. The molecule has 9 heteroatoms. The zero-order valence-corrected chi connectivity index (χ0v) is 21.9. The third-order valence-corrected chi connectivity index (χ3v) is 6.89. The van der Waals surface area contributed by atoms with Crippen LogP contribution in [-0.4, -0.2) is 69.1 Å². The third kappa shape index (κ3) is 6.27. The molecule has 2 aliphatic heterocycles. The SMILES string of the molecule is COCCNC(=O)c1ccc2c(c1)/C(=C\c1ccc(-c3cccc(C(=O)NCCN4CCCC4)c3)o1)C(=O)N2. The van der Waals surface area contributed by atoms with Crippen LogP contribution < -0.4 is 16.0 Å². The van der Waals surface area contributed by atoms with E-state index in [0.717, 1.165) is 25.2 Å². The number of anilines is 1. The Labute approximate surface area is 227 Å². The first-order valence-corrected chi connectivity index (χ1v) is 13.2. The van der Waals surface area contributed by atoms with Crippen LogP contribution in [0.3, 0.4) is 0 Å². The summed E-state index contributed by atoms with van der Waals surface area (Å²) in [7, 11) is 1.57. The third-order valence-electron chi connectivity index (χ3n) is 6.89. The van der Waals surface area contributed by atoms with E-state index in [2.05, 4.69) is 20.9 Å². The van der Waals surface area contributed by atoms with Gasteiger partial charge in [0.15, 0.2) is 0 Å². The highest BCUT2D eigenvalue weighted by Crippen LogP contribution is 2.35. The fourth-order valence-electron chi connectivity index (χ4n) is 4.82. The Kier molecular flexibility index (Phi) is 8.19. The number of carbonyl (C=O) groups is 3. The molecule has 1 saturated heterocycles. The van der Waals surface area contributed by atoms with Crippen LogP contribution >= 0.6 is 0 Å². The van der Waals surface area contributed by atoms with Crippen molar-refractivity contribution in [3.8, 4) is 11.3 Å². The molecule has 3 N–H and O–H groups in total. The van der Waals surface area contributed by atoms with E-state index in [-0.39, 0.29) is 17.7 Å². The van der Waals surface area contributed by atoms with Crippen LogP contribution in [0.5, 0.6) is 0 Å². The molecular formula is C30H32N4O5. The van der Waals surface area contributed by atoms with Gasteiger partial charge in [-0.05, 0) is 74.5 Å². The summed E-state index contributed by atoms with van der Waals surface area (Å²) in [5, 5.41) is 8.62. The zero-order valence-electron chi connectivity index (χ0n) is 21.9. The Hall–Kier alpha value is -4.21. The number of likely N-dealkylation sites (tertiary alicyclic amines) is 1. The van der Waals surface area contributed by atoms with Gasteiger partial charge in [-0.2, -0.15) is 0 Å². The summed E-state index contributed by atoms with van der Waals surface area (Å²) in [6, 6.07) is 15.9. The van der Waals surface area contributed by atoms with Crippen LogP contribution in [-0.2, 0) is 9.53 Å². The van der Waals surface area contributed by atoms with Crippen LogP contribution in [0.4, 0.5) is 5.69 Å². The van der Waals surface area contributed by atoms with Crippen molar-refractivity contribution in [2.24, 2.45) is 0 Å². The Morgan fingerprint density at radius 2 is 1.77 bits per heavy atom. The number of hydrogen-bond donors (Lipinski definition) is 3. The van der Waals surface area contributed by atoms with Crippen LogP contribution in [0.1, 0.15) is 44.9 Å². The van der Waals surface area contributed by atoms with E-state index in [1.807, 2.05) is 18.2 Å². The number of rotatable bonds is 10. The second-order valence-corrected chi connectivity index (χ2v) is 9.61. The minimum atomic E-state index is -0.271. The number of carbonyl (C=O) groups excluding carboxylic acids is 3. The van der Waals surface area contributed by atoms with E-state index in [0.29, 0.717) is 59.2 Å². The number of ether oxygens (including phenoxy) is 1. The first-order chi connectivity index (χ1) is 19.0. The Morgan fingerprint density at radius 1 is 1.00 bits per heavy atom. The largest absolute Gasteiger partial charge is 0.457 e. The molecule has 0 bridgehead atoms. The zero-order chi connectivity index (χ0) is 27.2. The highest BCUT2D eigenvalue weighted by atomic mass is 16.5. The van der Waals surface area contributed by atoms with Crippen LogP contribution in [0.15, 0.2) is 59.0 Å². The highest BCUT2D eigenvalue weighted by Gasteiger charge is 2.26. The van der Waals surface area contributed by atoms with E-state index < -0.39 is 0 Å². The summed E-state index contributed by atoms with van der Waals surface area (Å²) in [6.45, 7) is 4.47. The van der Waals surface area contributed by atoms with Gasteiger partial charge in [0.2, 0.25) is 0 Å². The lowest BCUT2D eigenvalue weighted by Crippen LogP contribution is -2.33. The highest BCUT2D eigenvalue weighted by molar-refractivity contribution is 6.35. The maximum atomic E-state index is 12.7. The fourth-order valence-corrected chi connectivity index (χ4v) is 4.82. The van der Waals surface area contributed by atoms with E-state index in [1.54, 1.807) is 49.6 Å². The maximum Gasteiger partial charge on any atom is 0.256 e. The first kappa shape index (κ1) is 26.4. The number of nitrogens with one attached hydrogen (secondary N) is 3. The Bertz CT molecular complexity index is 1400. The van der Waals surface area contributed by atoms with Crippen LogP contribution in [0.2, 0.25) is 0 Å². The molecule has 3 heterocycles. The molecule has 3 aromatic rings. The van der Waals surface area contributed by atoms with Crippen molar-refractivity contribution in [1.29, 1.82) is 0 Å². The second kappa shape index (κ2) is 12.1. The lowest BCUT2D eigenvalue weighted by Gasteiger charge is -2.14. The number of amides is 3. The van der Waals surface area contributed by atoms with Crippen molar-refractivity contribution in [2.75, 3.05) is 51.8 Å². The van der Waals surface area contributed by atoms with Gasteiger partial charge in [-0.3, -0.25) is 14.4 Å². The molecule has 39 heavy (non-hydrogen) atoms. The predicted octanol–water partition coefficient (Wildman–Crippen LogP) is 3.64. The van der Waals surface area contributed by atoms with Gasteiger partial charge in [0.1, 0.15) is 11.5 Å². The van der Waals surface area contributed by atoms with E-state index >= 15 is 0 Å².